The van der Waals surface area contributed by atoms with Gasteiger partial charge in [-0.3, -0.25) is 14.2 Å². The Labute approximate surface area is 165 Å². The minimum absolute atomic E-state index is 0.0145. The molecule has 0 aliphatic heterocycles. The van der Waals surface area contributed by atoms with E-state index >= 15 is 0 Å². The molecule has 0 saturated heterocycles. The molecule has 0 fully saturated rings. The summed E-state index contributed by atoms with van der Waals surface area (Å²) in [7, 11) is 3.99. The lowest BCUT2D eigenvalue weighted by Gasteiger charge is -2.22. The number of likely N-dealkylation sites (N-methyl/N-ethyl adjacent to an activating group) is 1. The summed E-state index contributed by atoms with van der Waals surface area (Å²) in [5, 5.41) is 0.539. The first-order valence-corrected chi connectivity index (χ1v) is 9.39. The van der Waals surface area contributed by atoms with Crippen molar-refractivity contribution < 1.29 is 4.79 Å². The molecule has 0 spiro atoms. The molecule has 1 aromatic heterocycles. The van der Waals surface area contributed by atoms with Gasteiger partial charge in [0.2, 0.25) is 5.91 Å². The van der Waals surface area contributed by atoms with Crippen molar-refractivity contribution in [1.82, 2.24) is 14.5 Å². The lowest BCUT2D eigenvalue weighted by molar-refractivity contribution is -0.132. The molecule has 0 bridgehead atoms. The van der Waals surface area contributed by atoms with Crippen molar-refractivity contribution in [3.05, 3.63) is 70.3 Å². The van der Waals surface area contributed by atoms with E-state index in [0.29, 0.717) is 24.0 Å². The number of aromatic nitrogens is 2. The van der Waals surface area contributed by atoms with Gasteiger partial charge in [-0.15, -0.1) is 0 Å². The highest BCUT2D eigenvalue weighted by molar-refractivity contribution is 5.81. The van der Waals surface area contributed by atoms with Crippen LogP contribution in [0.4, 0.5) is 5.69 Å². The lowest BCUT2D eigenvalue weighted by Crippen LogP contribution is -2.36. The van der Waals surface area contributed by atoms with Crippen molar-refractivity contribution in [2.75, 3.05) is 25.5 Å². The molecule has 1 heterocycles. The van der Waals surface area contributed by atoms with Crippen LogP contribution in [0.5, 0.6) is 0 Å². The number of carbonyl (C=O) groups is 1. The largest absolute Gasteiger partial charge is 0.378 e. The van der Waals surface area contributed by atoms with Gasteiger partial charge in [0.15, 0.2) is 0 Å². The number of aryl methyl sites for hydroxylation is 1. The van der Waals surface area contributed by atoms with Crippen LogP contribution in [0, 0.1) is 6.92 Å². The minimum Gasteiger partial charge on any atom is -0.378 e. The van der Waals surface area contributed by atoms with Crippen molar-refractivity contribution in [3.63, 3.8) is 0 Å². The molecule has 6 nitrogen and oxygen atoms in total. The normalized spacial score (nSPS) is 10.9. The molecule has 3 aromatic rings. The molecule has 0 saturated carbocycles. The molecule has 146 valence electrons. The number of para-hydroxylation sites is 1. The van der Waals surface area contributed by atoms with Crippen molar-refractivity contribution in [2.45, 2.75) is 26.9 Å². The summed E-state index contributed by atoms with van der Waals surface area (Å²) in [5.41, 5.74) is 3.62. The standard InChI is InChI=1S/C22H26N4O2/c1-5-25(13-17-9-11-18(12-10-17)24(3)4)20(27)14-26-15-23-21-16(2)7-6-8-19(21)22(26)28/h6-12,15H,5,13-14H2,1-4H3. The van der Waals surface area contributed by atoms with Crippen LogP contribution in [-0.4, -0.2) is 41.0 Å². The van der Waals surface area contributed by atoms with Gasteiger partial charge in [-0.1, -0.05) is 24.3 Å². The monoisotopic (exact) mass is 378 g/mol. The Balaban J connectivity index is 1.78. The van der Waals surface area contributed by atoms with Crippen LogP contribution in [0.15, 0.2) is 53.6 Å². The molecular weight excluding hydrogens is 352 g/mol. The highest BCUT2D eigenvalue weighted by Crippen LogP contribution is 2.14. The van der Waals surface area contributed by atoms with E-state index < -0.39 is 0 Å². The Morgan fingerprint density at radius 3 is 2.46 bits per heavy atom. The second kappa shape index (κ2) is 8.25. The predicted octanol–water partition coefficient (Wildman–Crippen LogP) is 2.82. The number of fused-ring (bicyclic) bond motifs is 1. The number of amides is 1. The van der Waals surface area contributed by atoms with Crippen molar-refractivity contribution in [1.29, 1.82) is 0 Å². The first-order chi connectivity index (χ1) is 13.4. The molecule has 2 aromatic carbocycles. The third-order valence-corrected chi connectivity index (χ3v) is 4.92. The van der Waals surface area contributed by atoms with Gasteiger partial charge in [0.25, 0.3) is 5.56 Å². The SMILES string of the molecule is CCN(Cc1ccc(N(C)C)cc1)C(=O)Cn1cnc2c(C)cccc2c1=O. The van der Waals surface area contributed by atoms with Crippen molar-refractivity contribution >= 4 is 22.5 Å². The second-order valence-electron chi connectivity index (χ2n) is 7.12. The van der Waals surface area contributed by atoms with Gasteiger partial charge in [0.05, 0.1) is 17.2 Å². The fourth-order valence-corrected chi connectivity index (χ4v) is 3.19. The first kappa shape index (κ1) is 19.6. The second-order valence-corrected chi connectivity index (χ2v) is 7.12. The van der Waals surface area contributed by atoms with Crippen LogP contribution in [0.3, 0.4) is 0 Å². The molecule has 28 heavy (non-hydrogen) atoms. The van der Waals surface area contributed by atoms with E-state index in [9.17, 15) is 9.59 Å². The first-order valence-electron chi connectivity index (χ1n) is 9.39. The van der Waals surface area contributed by atoms with E-state index in [2.05, 4.69) is 4.98 Å². The summed E-state index contributed by atoms with van der Waals surface area (Å²) >= 11 is 0. The highest BCUT2D eigenvalue weighted by atomic mass is 16.2. The number of hydrogen-bond acceptors (Lipinski definition) is 4. The van der Waals surface area contributed by atoms with Crippen molar-refractivity contribution in [2.24, 2.45) is 0 Å². The molecule has 6 heteroatoms. The molecule has 0 N–H and O–H groups in total. The average molecular weight is 378 g/mol. The van der Waals surface area contributed by atoms with Crippen LogP contribution < -0.4 is 10.5 Å². The number of carbonyl (C=O) groups excluding carboxylic acids is 1. The average Bonchev–Trinajstić information content (AvgIpc) is 2.69. The zero-order valence-electron chi connectivity index (χ0n) is 16.8. The molecule has 0 aliphatic rings. The number of rotatable bonds is 6. The smallest absolute Gasteiger partial charge is 0.261 e. The Morgan fingerprint density at radius 1 is 1.11 bits per heavy atom. The minimum atomic E-state index is -0.187. The highest BCUT2D eigenvalue weighted by Gasteiger charge is 2.15. The van der Waals surface area contributed by atoms with Crippen LogP contribution in [0.2, 0.25) is 0 Å². The van der Waals surface area contributed by atoms with Gasteiger partial charge in [-0.25, -0.2) is 4.98 Å². The van der Waals surface area contributed by atoms with E-state index in [1.807, 2.05) is 69.2 Å². The Morgan fingerprint density at radius 2 is 1.82 bits per heavy atom. The van der Waals surface area contributed by atoms with E-state index in [-0.39, 0.29) is 18.0 Å². The van der Waals surface area contributed by atoms with E-state index in [0.717, 1.165) is 16.8 Å². The summed E-state index contributed by atoms with van der Waals surface area (Å²) in [4.78, 5) is 33.7. The molecule has 3 rings (SSSR count). The maximum absolute atomic E-state index is 12.8. The molecule has 0 radical (unpaired) electrons. The predicted molar refractivity (Wildman–Crippen MR) is 113 cm³/mol. The van der Waals surface area contributed by atoms with Crippen LogP contribution in [0.1, 0.15) is 18.1 Å². The zero-order valence-corrected chi connectivity index (χ0v) is 16.8. The molecule has 0 aliphatic carbocycles. The van der Waals surface area contributed by atoms with Gasteiger partial charge < -0.3 is 9.80 Å². The third kappa shape index (κ3) is 4.06. The van der Waals surface area contributed by atoms with Crippen LogP contribution in [-0.2, 0) is 17.9 Å². The van der Waals surface area contributed by atoms with Crippen LogP contribution in [0.25, 0.3) is 10.9 Å². The fourth-order valence-electron chi connectivity index (χ4n) is 3.19. The van der Waals surface area contributed by atoms with Gasteiger partial charge in [-0.05, 0) is 43.2 Å². The third-order valence-electron chi connectivity index (χ3n) is 4.92. The van der Waals surface area contributed by atoms with Gasteiger partial charge in [-0.2, -0.15) is 0 Å². The van der Waals surface area contributed by atoms with Gasteiger partial charge in [0.1, 0.15) is 6.54 Å². The maximum atomic E-state index is 12.8. The topological polar surface area (TPSA) is 58.4 Å². The molecule has 1 amide bonds. The quantitative estimate of drug-likeness (QED) is 0.662. The summed E-state index contributed by atoms with van der Waals surface area (Å²) < 4.78 is 1.39. The Hall–Kier alpha value is -3.15. The van der Waals surface area contributed by atoms with E-state index in [1.54, 1.807) is 11.0 Å². The molecule has 0 atom stereocenters. The molecule has 0 unspecified atom stereocenters. The Bertz CT molecular complexity index is 1040. The fraction of sp³-hybridized carbons (Fsp3) is 0.318. The van der Waals surface area contributed by atoms with Gasteiger partial charge in [0, 0.05) is 32.9 Å². The number of hydrogen-bond donors (Lipinski definition) is 0. The summed E-state index contributed by atoms with van der Waals surface area (Å²) in [6, 6.07) is 13.6. The number of anilines is 1. The number of benzene rings is 2. The van der Waals surface area contributed by atoms with E-state index in [1.165, 1.54) is 10.9 Å². The molecular formula is C22H26N4O2. The van der Waals surface area contributed by atoms with Crippen molar-refractivity contribution in [3.8, 4) is 0 Å². The number of nitrogens with zero attached hydrogens (tertiary/aromatic N) is 4. The Kier molecular flexibility index (Phi) is 5.78. The summed E-state index contributed by atoms with van der Waals surface area (Å²) in [6.45, 7) is 4.93. The van der Waals surface area contributed by atoms with Crippen LogP contribution >= 0.6 is 0 Å². The lowest BCUT2D eigenvalue weighted by atomic mass is 10.1. The maximum Gasteiger partial charge on any atom is 0.261 e. The summed E-state index contributed by atoms with van der Waals surface area (Å²) in [5.74, 6) is -0.102. The van der Waals surface area contributed by atoms with E-state index in [4.69, 9.17) is 0 Å². The zero-order chi connectivity index (χ0) is 20.3. The van der Waals surface area contributed by atoms with Gasteiger partial charge >= 0.3 is 0 Å². The summed E-state index contributed by atoms with van der Waals surface area (Å²) in [6.07, 6.45) is 1.47.